The molecule has 1 atom stereocenters. The third-order valence-electron chi connectivity index (χ3n) is 5.35. The van der Waals surface area contributed by atoms with Crippen LogP contribution in [0.5, 0.6) is 5.75 Å². The number of nitrogens with zero attached hydrogens (tertiary/aromatic N) is 1. The van der Waals surface area contributed by atoms with E-state index in [9.17, 15) is 14.0 Å². The molecular weight excluding hydrogens is 431 g/mol. The van der Waals surface area contributed by atoms with E-state index in [1.807, 2.05) is 63.2 Å². The number of hydrogen-bond donors (Lipinski definition) is 1. The molecule has 0 saturated carbocycles. The highest BCUT2D eigenvalue weighted by atomic mass is 19.1. The summed E-state index contributed by atoms with van der Waals surface area (Å²) in [6, 6.07) is 22.1. The van der Waals surface area contributed by atoms with Gasteiger partial charge in [0.2, 0.25) is 5.91 Å². The summed E-state index contributed by atoms with van der Waals surface area (Å²) >= 11 is 0. The molecule has 0 aliphatic carbocycles. The standard InChI is InChI=1S/C28H31FN2O3/c1-20(2)30-28(33)26(17-22-7-5-4-6-8-22)31(18-23-11-13-24(29)14-12-23)27(32)19-34-25-15-9-21(3)10-16-25/h4-16,20,26H,17-19H2,1-3H3,(H,30,33). The van der Waals surface area contributed by atoms with Gasteiger partial charge < -0.3 is 15.0 Å². The fourth-order valence-corrected chi connectivity index (χ4v) is 3.58. The normalized spacial score (nSPS) is 11.7. The maximum atomic E-state index is 13.5. The van der Waals surface area contributed by atoms with Gasteiger partial charge in [0.25, 0.3) is 5.91 Å². The molecule has 0 saturated heterocycles. The molecule has 178 valence electrons. The summed E-state index contributed by atoms with van der Waals surface area (Å²) in [4.78, 5) is 28.2. The number of halogens is 1. The molecule has 0 radical (unpaired) electrons. The predicted octanol–water partition coefficient (Wildman–Crippen LogP) is 4.68. The first-order valence-corrected chi connectivity index (χ1v) is 11.4. The molecule has 0 fully saturated rings. The van der Waals surface area contributed by atoms with Gasteiger partial charge in [-0.3, -0.25) is 9.59 Å². The Bertz CT molecular complexity index is 1070. The van der Waals surface area contributed by atoms with Crippen LogP contribution in [0.25, 0.3) is 0 Å². The molecule has 0 bridgehead atoms. The van der Waals surface area contributed by atoms with E-state index in [-0.39, 0.29) is 36.8 Å². The van der Waals surface area contributed by atoms with Crippen molar-refractivity contribution < 1.29 is 18.7 Å². The largest absolute Gasteiger partial charge is 0.484 e. The zero-order valence-electron chi connectivity index (χ0n) is 19.8. The Morgan fingerprint density at radius 2 is 1.56 bits per heavy atom. The Kier molecular flexibility index (Phi) is 8.79. The first-order valence-electron chi connectivity index (χ1n) is 11.4. The minimum Gasteiger partial charge on any atom is -0.484 e. The minimum atomic E-state index is -0.760. The van der Waals surface area contributed by atoms with Crippen LogP contribution in [-0.4, -0.2) is 35.4 Å². The number of rotatable bonds is 10. The SMILES string of the molecule is Cc1ccc(OCC(=O)N(Cc2ccc(F)cc2)C(Cc2ccccc2)C(=O)NC(C)C)cc1. The van der Waals surface area contributed by atoms with Crippen molar-refractivity contribution in [1.82, 2.24) is 10.2 Å². The van der Waals surface area contributed by atoms with Crippen molar-refractivity contribution in [2.24, 2.45) is 0 Å². The summed E-state index contributed by atoms with van der Waals surface area (Å²) in [5, 5.41) is 2.94. The van der Waals surface area contributed by atoms with Crippen LogP contribution in [0.2, 0.25) is 0 Å². The fourth-order valence-electron chi connectivity index (χ4n) is 3.58. The smallest absolute Gasteiger partial charge is 0.261 e. The van der Waals surface area contributed by atoms with E-state index >= 15 is 0 Å². The van der Waals surface area contributed by atoms with E-state index in [2.05, 4.69) is 5.32 Å². The Labute approximate surface area is 200 Å². The Hall–Kier alpha value is -3.67. The highest BCUT2D eigenvalue weighted by Gasteiger charge is 2.31. The second-order valence-corrected chi connectivity index (χ2v) is 8.62. The number of ether oxygens (including phenoxy) is 1. The number of hydrogen-bond acceptors (Lipinski definition) is 3. The average Bonchev–Trinajstić information content (AvgIpc) is 2.82. The van der Waals surface area contributed by atoms with Gasteiger partial charge in [0, 0.05) is 19.0 Å². The van der Waals surface area contributed by atoms with Gasteiger partial charge in [-0.15, -0.1) is 0 Å². The third-order valence-corrected chi connectivity index (χ3v) is 5.35. The van der Waals surface area contributed by atoms with Crippen LogP contribution in [0.1, 0.15) is 30.5 Å². The van der Waals surface area contributed by atoms with Crippen molar-refractivity contribution in [3.8, 4) is 5.75 Å². The zero-order valence-corrected chi connectivity index (χ0v) is 19.8. The van der Waals surface area contributed by atoms with Gasteiger partial charge in [-0.25, -0.2) is 4.39 Å². The van der Waals surface area contributed by atoms with E-state index in [1.165, 1.54) is 17.0 Å². The summed E-state index contributed by atoms with van der Waals surface area (Å²) in [7, 11) is 0. The molecule has 1 unspecified atom stereocenters. The molecule has 0 aromatic heterocycles. The molecular formula is C28H31FN2O3. The van der Waals surface area contributed by atoms with E-state index in [0.29, 0.717) is 12.2 Å². The number of aryl methyl sites for hydroxylation is 1. The molecule has 0 aliphatic heterocycles. The van der Waals surface area contributed by atoms with Gasteiger partial charge in [0.05, 0.1) is 0 Å². The Morgan fingerprint density at radius 1 is 0.912 bits per heavy atom. The van der Waals surface area contributed by atoms with Crippen LogP contribution >= 0.6 is 0 Å². The average molecular weight is 463 g/mol. The molecule has 0 aliphatic rings. The maximum Gasteiger partial charge on any atom is 0.261 e. The number of amides is 2. The zero-order chi connectivity index (χ0) is 24.5. The van der Waals surface area contributed by atoms with Crippen LogP contribution in [0.15, 0.2) is 78.9 Å². The topological polar surface area (TPSA) is 58.6 Å². The monoisotopic (exact) mass is 462 g/mol. The van der Waals surface area contributed by atoms with E-state index in [1.54, 1.807) is 24.3 Å². The molecule has 3 rings (SSSR count). The Balaban J connectivity index is 1.89. The van der Waals surface area contributed by atoms with E-state index in [0.717, 1.165) is 16.7 Å². The summed E-state index contributed by atoms with van der Waals surface area (Å²) < 4.78 is 19.2. The number of carbonyl (C=O) groups is 2. The van der Waals surface area contributed by atoms with Crippen LogP contribution in [0.4, 0.5) is 4.39 Å². The lowest BCUT2D eigenvalue weighted by Gasteiger charge is -2.32. The van der Waals surface area contributed by atoms with Gasteiger partial charge in [-0.2, -0.15) is 0 Å². The third kappa shape index (κ3) is 7.44. The second kappa shape index (κ2) is 12.0. The lowest BCUT2D eigenvalue weighted by molar-refractivity contribution is -0.143. The van der Waals surface area contributed by atoms with Crippen LogP contribution in [0.3, 0.4) is 0 Å². The van der Waals surface area contributed by atoms with Crippen molar-refractivity contribution in [1.29, 1.82) is 0 Å². The molecule has 34 heavy (non-hydrogen) atoms. The maximum absolute atomic E-state index is 13.5. The lowest BCUT2D eigenvalue weighted by Crippen LogP contribution is -2.52. The van der Waals surface area contributed by atoms with E-state index < -0.39 is 6.04 Å². The van der Waals surface area contributed by atoms with Crippen molar-refractivity contribution in [3.63, 3.8) is 0 Å². The summed E-state index contributed by atoms with van der Waals surface area (Å²) in [5.41, 5.74) is 2.74. The van der Waals surface area contributed by atoms with Gasteiger partial charge in [0.1, 0.15) is 17.6 Å². The van der Waals surface area contributed by atoms with Crippen LogP contribution < -0.4 is 10.1 Å². The molecule has 3 aromatic rings. The number of nitrogens with one attached hydrogen (secondary N) is 1. The fraction of sp³-hybridized carbons (Fsp3) is 0.286. The van der Waals surface area contributed by atoms with Gasteiger partial charge >= 0.3 is 0 Å². The number of carbonyl (C=O) groups excluding carboxylic acids is 2. The molecule has 0 heterocycles. The molecule has 2 amide bonds. The van der Waals surface area contributed by atoms with Crippen molar-refractivity contribution in [2.75, 3.05) is 6.61 Å². The van der Waals surface area contributed by atoms with Gasteiger partial charge in [0.15, 0.2) is 6.61 Å². The molecule has 0 spiro atoms. The van der Waals surface area contributed by atoms with E-state index in [4.69, 9.17) is 4.74 Å². The summed E-state index contributed by atoms with van der Waals surface area (Å²) in [6.07, 6.45) is 0.344. The highest BCUT2D eigenvalue weighted by molar-refractivity contribution is 5.88. The van der Waals surface area contributed by atoms with Crippen molar-refractivity contribution in [3.05, 3.63) is 101 Å². The lowest BCUT2D eigenvalue weighted by atomic mass is 10.0. The quantitative estimate of drug-likeness (QED) is 0.476. The molecule has 5 nitrogen and oxygen atoms in total. The minimum absolute atomic E-state index is 0.0858. The molecule has 3 aromatic carbocycles. The highest BCUT2D eigenvalue weighted by Crippen LogP contribution is 2.17. The molecule has 1 N–H and O–H groups in total. The first kappa shape index (κ1) is 25.0. The van der Waals surface area contributed by atoms with Gasteiger partial charge in [-0.05, 0) is 56.2 Å². The van der Waals surface area contributed by atoms with Crippen molar-refractivity contribution >= 4 is 11.8 Å². The molecule has 6 heteroatoms. The first-order chi connectivity index (χ1) is 16.3. The van der Waals surface area contributed by atoms with Gasteiger partial charge in [-0.1, -0.05) is 60.2 Å². The van der Waals surface area contributed by atoms with Crippen LogP contribution in [0, 0.1) is 12.7 Å². The summed E-state index contributed by atoms with van der Waals surface area (Å²) in [6.45, 7) is 5.67. The number of benzene rings is 3. The van der Waals surface area contributed by atoms with Crippen molar-refractivity contribution in [2.45, 2.75) is 45.8 Å². The second-order valence-electron chi connectivity index (χ2n) is 8.62. The predicted molar refractivity (Wildman–Crippen MR) is 131 cm³/mol. The Morgan fingerprint density at radius 3 is 2.18 bits per heavy atom. The van der Waals surface area contributed by atoms with Crippen LogP contribution in [-0.2, 0) is 22.6 Å². The summed E-state index contributed by atoms with van der Waals surface area (Å²) in [5.74, 6) is -0.357.